The predicted octanol–water partition coefficient (Wildman–Crippen LogP) is -3.55. The average molecular weight is 552 g/mol. The zero-order valence-electron chi connectivity index (χ0n) is 18.0. The van der Waals surface area contributed by atoms with Crippen LogP contribution >= 0.6 is 15.6 Å². The highest BCUT2D eigenvalue weighted by Gasteiger charge is 2.50. The average Bonchev–Trinajstić information content (AvgIpc) is 3.02. The summed E-state index contributed by atoms with van der Waals surface area (Å²) >= 11 is 0. The van der Waals surface area contributed by atoms with Gasteiger partial charge in [-0.1, -0.05) is 0 Å². The van der Waals surface area contributed by atoms with E-state index in [9.17, 15) is 54.0 Å². The van der Waals surface area contributed by atoms with Gasteiger partial charge in [0.05, 0.1) is 12.7 Å². The lowest BCUT2D eigenvalue weighted by molar-refractivity contribution is -0.271. The van der Waals surface area contributed by atoms with Crippen LogP contribution in [0.2, 0.25) is 0 Å². The first kappa shape index (κ1) is 28.5. The highest BCUT2D eigenvalue weighted by atomic mass is 31.3. The van der Waals surface area contributed by atoms with E-state index in [0.29, 0.717) is 0 Å². The van der Waals surface area contributed by atoms with Crippen molar-refractivity contribution >= 4 is 27.6 Å². The topological polar surface area (TPSA) is 271 Å². The Morgan fingerprint density at radius 2 is 1.63 bits per heavy atom. The molecule has 0 saturated carbocycles. The molecule has 3 rings (SSSR count). The maximum absolute atomic E-state index is 12.1. The number of rotatable bonds is 8. The van der Waals surface area contributed by atoms with Gasteiger partial charge in [-0.2, -0.15) is 4.31 Å². The second-order valence-electron chi connectivity index (χ2n) is 7.94. The molecule has 20 heteroatoms. The lowest BCUT2D eigenvalue weighted by Crippen LogP contribution is -2.57. The van der Waals surface area contributed by atoms with Crippen molar-refractivity contribution < 1.29 is 76.9 Å². The van der Waals surface area contributed by atoms with Gasteiger partial charge in [0.15, 0.2) is 12.5 Å². The number of phosphoric acid groups is 2. The summed E-state index contributed by atoms with van der Waals surface area (Å²) in [5.41, 5.74) is 0. The van der Waals surface area contributed by atoms with E-state index >= 15 is 0 Å². The largest absolute Gasteiger partial charge is 0.483 e. The van der Waals surface area contributed by atoms with Gasteiger partial charge in [-0.25, -0.2) is 13.9 Å². The van der Waals surface area contributed by atoms with Crippen molar-refractivity contribution in [1.82, 2.24) is 10.2 Å². The number of amides is 3. The molecule has 18 nitrogen and oxygen atoms in total. The van der Waals surface area contributed by atoms with E-state index in [2.05, 4.69) is 13.4 Å². The van der Waals surface area contributed by atoms with E-state index in [-0.39, 0.29) is 13.0 Å². The Hall–Kier alpha value is -1.08. The number of ether oxygens (including phenoxy) is 2. The molecule has 0 aromatic heterocycles. The molecule has 3 heterocycles. The quantitative estimate of drug-likeness (QED) is 0.135. The van der Waals surface area contributed by atoms with Crippen LogP contribution in [0.25, 0.3) is 0 Å². The normalized spacial score (nSPS) is 41.8. The molecule has 0 radical (unpaired) electrons. The Labute approximate surface area is 197 Å². The van der Waals surface area contributed by atoms with Gasteiger partial charge in [0.2, 0.25) is 5.91 Å². The molecule has 8 N–H and O–H groups in total. The number of imide groups is 1. The van der Waals surface area contributed by atoms with E-state index < -0.39 is 89.4 Å². The number of hydrogen-bond acceptors (Lipinski definition) is 14. The SMILES string of the molecule is C[C@@H]1O[C@H](OP(=O)(O)OP(=O)(O)OC[C@H]2O[C@@H](N3CCC(=O)NC3=O)[C@H](O)[C@@H]2O)[C@H](O)[C@H](O)[C@H]1O. The molecule has 3 aliphatic heterocycles. The van der Waals surface area contributed by atoms with Gasteiger partial charge in [0.25, 0.3) is 0 Å². The van der Waals surface area contributed by atoms with Crippen LogP contribution in [0.3, 0.4) is 0 Å². The standard InChI is InChI=1S/C15H26N2O16P2/c1-5-8(19)10(21)12(23)14(30-5)32-35(27,28)33-34(25,26)29-4-6-9(20)11(22)13(31-6)17-3-2-7(18)16-15(17)24/h5-6,8-14,19-23H,2-4H2,1H3,(H,25,26)(H,27,28)(H,16,18,24)/t5-,6+,8-,9+,10+,11+,12+,13+,14+/m0/s1. The van der Waals surface area contributed by atoms with Crippen molar-refractivity contribution in [2.45, 2.75) is 68.6 Å². The van der Waals surface area contributed by atoms with Gasteiger partial charge >= 0.3 is 21.7 Å². The lowest BCUT2D eigenvalue weighted by atomic mass is 10.0. The van der Waals surface area contributed by atoms with Gasteiger partial charge < -0.3 is 44.8 Å². The minimum absolute atomic E-state index is 0.102. The maximum atomic E-state index is 12.1. The molecule has 0 aromatic rings. The number of nitrogens with one attached hydrogen (secondary N) is 1. The Morgan fingerprint density at radius 1 is 0.971 bits per heavy atom. The van der Waals surface area contributed by atoms with E-state index in [1.54, 1.807) is 0 Å². The van der Waals surface area contributed by atoms with Crippen LogP contribution in [0.5, 0.6) is 0 Å². The maximum Gasteiger partial charge on any atom is 0.483 e. The van der Waals surface area contributed by atoms with Crippen LogP contribution in [0.1, 0.15) is 13.3 Å². The van der Waals surface area contributed by atoms with Crippen molar-refractivity contribution in [3.05, 3.63) is 0 Å². The summed E-state index contributed by atoms with van der Waals surface area (Å²) < 4.78 is 47.6. The summed E-state index contributed by atoms with van der Waals surface area (Å²) in [6.45, 7) is 0.138. The van der Waals surface area contributed by atoms with Crippen LogP contribution in [-0.4, -0.2) is 121 Å². The first-order valence-corrected chi connectivity index (χ1v) is 13.1. The van der Waals surface area contributed by atoms with Crippen molar-refractivity contribution in [1.29, 1.82) is 0 Å². The number of carbonyl (C=O) groups is 2. The minimum Gasteiger partial charge on any atom is -0.388 e. The molecular formula is C15H26N2O16P2. The number of carbonyl (C=O) groups excluding carboxylic acids is 2. The highest BCUT2D eigenvalue weighted by Crippen LogP contribution is 2.61. The molecular weight excluding hydrogens is 526 g/mol. The number of nitrogens with zero attached hydrogens (tertiary/aromatic N) is 1. The molecule has 35 heavy (non-hydrogen) atoms. The summed E-state index contributed by atoms with van der Waals surface area (Å²) in [7, 11) is -10.9. The smallest absolute Gasteiger partial charge is 0.388 e. The fourth-order valence-corrected chi connectivity index (χ4v) is 5.67. The zero-order valence-corrected chi connectivity index (χ0v) is 19.8. The summed E-state index contributed by atoms with van der Waals surface area (Å²) in [6, 6.07) is -0.896. The fraction of sp³-hybridized carbons (Fsp3) is 0.867. The Balaban J connectivity index is 1.56. The third-order valence-corrected chi connectivity index (χ3v) is 7.99. The van der Waals surface area contributed by atoms with Gasteiger partial charge in [0.1, 0.15) is 36.6 Å². The summed E-state index contributed by atoms with van der Waals surface area (Å²) in [6.07, 6.45) is -15.1. The molecule has 3 aliphatic rings. The van der Waals surface area contributed by atoms with Crippen molar-refractivity contribution in [2.24, 2.45) is 0 Å². The highest BCUT2D eigenvalue weighted by molar-refractivity contribution is 7.61. The monoisotopic (exact) mass is 552 g/mol. The van der Waals surface area contributed by atoms with Gasteiger partial charge in [-0.15, -0.1) is 0 Å². The molecule has 3 amide bonds. The second kappa shape index (κ2) is 10.7. The summed E-state index contributed by atoms with van der Waals surface area (Å²) in [5.74, 6) is -0.556. The van der Waals surface area contributed by atoms with Crippen LogP contribution in [-0.2, 0) is 36.8 Å². The van der Waals surface area contributed by atoms with E-state index in [1.165, 1.54) is 6.92 Å². The third-order valence-electron chi connectivity index (χ3n) is 5.39. The Bertz CT molecular complexity index is 906. The molecule has 202 valence electrons. The second-order valence-corrected chi connectivity index (χ2v) is 10.9. The van der Waals surface area contributed by atoms with E-state index in [1.807, 2.05) is 5.32 Å². The number of urea groups is 1. The van der Waals surface area contributed by atoms with Crippen LogP contribution in [0, 0.1) is 0 Å². The van der Waals surface area contributed by atoms with E-state index in [0.717, 1.165) is 4.90 Å². The summed E-state index contributed by atoms with van der Waals surface area (Å²) in [4.78, 5) is 43.7. The Morgan fingerprint density at radius 3 is 2.26 bits per heavy atom. The molecule has 3 saturated heterocycles. The molecule has 11 atom stereocenters. The zero-order chi connectivity index (χ0) is 26.3. The molecule has 0 bridgehead atoms. The molecule has 0 aromatic carbocycles. The van der Waals surface area contributed by atoms with E-state index in [4.69, 9.17) is 9.47 Å². The molecule has 0 spiro atoms. The number of aliphatic hydroxyl groups is 5. The minimum atomic E-state index is -5.49. The third kappa shape index (κ3) is 6.63. The first-order chi connectivity index (χ1) is 16.1. The number of phosphoric ester groups is 2. The molecule has 2 unspecified atom stereocenters. The fourth-order valence-electron chi connectivity index (χ4n) is 3.52. The number of hydrogen-bond donors (Lipinski definition) is 8. The van der Waals surface area contributed by atoms with Crippen LogP contribution in [0.15, 0.2) is 0 Å². The summed E-state index contributed by atoms with van der Waals surface area (Å²) in [5, 5.41) is 51.4. The Kier molecular flexibility index (Phi) is 8.73. The van der Waals surface area contributed by atoms with Crippen LogP contribution in [0.4, 0.5) is 4.79 Å². The predicted molar refractivity (Wildman–Crippen MR) is 106 cm³/mol. The van der Waals surface area contributed by atoms with Gasteiger partial charge in [0, 0.05) is 13.0 Å². The number of aliphatic hydroxyl groups excluding tert-OH is 5. The van der Waals surface area contributed by atoms with Crippen molar-refractivity contribution in [3.63, 3.8) is 0 Å². The molecule has 3 fully saturated rings. The molecule has 0 aliphatic carbocycles. The van der Waals surface area contributed by atoms with Crippen molar-refractivity contribution in [2.75, 3.05) is 13.2 Å². The van der Waals surface area contributed by atoms with Crippen LogP contribution < -0.4 is 5.32 Å². The van der Waals surface area contributed by atoms with Gasteiger partial charge in [-0.05, 0) is 6.92 Å². The first-order valence-electron chi connectivity index (χ1n) is 10.1. The van der Waals surface area contributed by atoms with Gasteiger partial charge in [-0.3, -0.25) is 24.1 Å². The lowest BCUT2D eigenvalue weighted by Gasteiger charge is -2.38. The van der Waals surface area contributed by atoms with Crippen molar-refractivity contribution in [3.8, 4) is 0 Å².